The predicted octanol–water partition coefficient (Wildman–Crippen LogP) is 4.11. The first-order chi connectivity index (χ1) is 16.8. The summed E-state index contributed by atoms with van der Waals surface area (Å²) in [6, 6.07) is 30.7. The Labute approximate surface area is 200 Å². The number of ether oxygens (including phenoxy) is 3. The number of rotatable bonds is 8. The minimum atomic E-state index is -0.826. The smallest absolute Gasteiger partial charge is 0.411 e. The van der Waals surface area contributed by atoms with Gasteiger partial charge in [-0.1, -0.05) is 91.0 Å². The topological polar surface area (TPSA) is 51.2 Å². The molecule has 3 aromatic rings. The van der Waals surface area contributed by atoms with Crippen molar-refractivity contribution in [2.75, 3.05) is 46.1 Å². The highest BCUT2D eigenvalue weighted by Crippen LogP contribution is 2.40. The summed E-state index contributed by atoms with van der Waals surface area (Å²) in [7, 11) is 0. The van der Waals surface area contributed by atoms with Gasteiger partial charge in [-0.05, 0) is 16.7 Å². The molecule has 34 heavy (non-hydrogen) atoms. The first-order valence-corrected chi connectivity index (χ1v) is 11.8. The van der Waals surface area contributed by atoms with Crippen molar-refractivity contribution in [3.05, 3.63) is 108 Å². The number of cyclic esters (lactones) is 1. The molecule has 6 heteroatoms. The molecule has 5 rings (SSSR count). The molecule has 0 aliphatic carbocycles. The van der Waals surface area contributed by atoms with E-state index in [2.05, 4.69) is 41.3 Å². The van der Waals surface area contributed by atoms with Crippen LogP contribution in [0.1, 0.15) is 16.7 Å². The summed E-state index contributed by atoms with van der Waals surface area (Å²) in [5.74, 6) is 0. The monoisotopic (exact) mass is 458 g/mol. The average molecular weight is 459 g/mol. The Morgan fingerprint density at radius 1 is 0.794 bits per heavy atom. The first-order valence-electron chi connectivity index (χ1n) is 11.8. The molecular weight excluding hydrogens is 428 g/mol. The molecule has 0 saturated carbocycles. The number of hydrogen-bond donors (Lipinski definition) is 0. The van der Waals surface area contributed by atoms with Gasteiger partial charge < -0.3 is 14.2 Å². The van der Waals surface area contributed by atoms with Crippen molar-refractivity contribution >= 4 is 6.09 Å². The molecule has 0 unspecified atom stereocenters. The van der Waals surface area contributed by atoms with Gasteiger partial charge in [-0.3, -0.25) is 9.80 Å². The lowest BCUT2D eigenvalue weighted by molar-refractivity contribution is -0.0300. The number of carbonyl (C=O) groups is 1. The van der Waals surface area contributed by atoms with Crippen LogP contribution in [0.25, 0.3) is 0 Å². The third-order valence-electron chi connectivity index (χ3n) is 6.45. The van der Waals surface area contributed by atoms with E-state index in [-0.39, 0.29) is 18.8 Å². The van der Waals surface area contributed by atoms with E-state index in [1.54, 1.807) is 4.90 Å². The molecule has 0 radical (unpaired) electrons. The van der Waals surface area contributed by atoms with Crippen LogP contribution in [0.4, 0.5) is 4.79 Å². The summed E-state index contributed by atoms with van der Waals surface area (Å²) in [5, 5.41) is 0. The van der Waals surface area contributed by atoms with E-state index in [0.717, 1.165) is 29.8 Å². The Bertz CT molecular complexity index is 959. The molecule has 3 aromatic carbocycles. The molecule has 0 bridgehead atoms. The van der Waals surface area contributed by atoms with Crippen molar-refractivity contribution < 1.29 is 19.0 Å². The molecule has 6 nitrogen and oxygen atoms in total. The van der Waals surface area contributed by atoms with E-state index in [1.807, 2.05) is 54.6 Å². The molecule has 2 aliphatic heterocycles. The lowest BCUT2D eigenvalue weighted by atomic mass is 9.80. The normalized spacial score (nSPS) is 19.2. The fraction of sp³-hybridized carbons (Fsp3) is 0.321. The zero-order valence-corrected chi connectivity index (χ0v) is 19.2. The fourth-order valence-electron chi connectivity index (χ4n) is 4.75. The Morgan fingerprint density at radius 2 is 1.29 bits per heavy atom. The molecular formula is C28H30N2O4. The lowest BCUT2D eigenvalue weighted by Gasteiger charge is -2.36. The third-order valence-corrected chi connectivity index (χ3v) is 6.45. The summed E-state index contributed by atoms with van der Waals surface area (Å²) in [4.78, 5) is 16.6. The van der Waals surface area contributed by atoms with Crippen LogP contribution in [0.2, 0.25) is 0 Å². The van der Waals surface area contributed by atoms with Gasteiger partial charge >= 0.3 is 6.09 Å². The van der Waals surface area contributed by atoms with Crippen LogP contribution in [-0.4, -0.2) is 68.1 Å². The summed E-state index contributed by atoms with van der Waals surface area (Å²) in [6.45, 7) is 4.38. The van der Waals surface area contributed by atoms with Gasteiger partial charge in [-0.15, -0.1) is 0 Å². The largest absolute Gasteiger partial charge is 0.442 e. The van der Waals surface area contributed by atoms with Gasteiger partial charge in [0.05, 0.1) is 33.0 Å². The van der Waals surface area contributed by atoms with Crippen LogP contribution in [0.5, 0.6) is 0 Å². The van der Waals surface area contributed by atoms with Crippen LogP contribution in [0.15, 0.2) is 91.0 Å². The Morgan fingerprint density at radius 3 is 1.79 bits per heavy atom. The molecule has 176 valence electrons. The Kier molecular flexibility index (Phi) is 6.90. The Balaban J connectivity index is 1.41. The predicted molar refractivity (Wildman–Crippen MR) is 129 cm³/mol. The van der Waals surface area contributed by atoms with E-state index >= 15 is 0 Å². The van der Waals surface area contributed by atoms with Crippen molar-refractivity contribution in [1.82, 2.24) is 9.80 Å². The minimum Gasteiger partial charge on any atom is -0.442 e. The second-order valence-electron chi connectivity index (χ2n) is 8.69. The highest BCUT2D eigenvalue weighted by atomic mass is 16.6. The lowest BCUT2D eigenvalue weighted by Crippen LogP contribution is -2.44. The zero-order valence-electron chi connectivity index (χ0n) is 19.2. The second kappa shape index (κ2) is 10.4. The second-order valence-corrected chi connectivity index (χ2v) is 8.69. The molecule has 1 atom stereocenters. The van der Waals surface area contributed by atoms with E-state index in [0.29, 0.717) is 26.4 Å². The van der Waals surface area contributed by atoms with Gasteiger partial charge in [0.2, 0.25) is 0 Å². The summed E-state index contributed by atoms with van der Waals surface area (Å²) in [6.07, 6.45) is -0.631. The van der Waals surface area contributed by atoms with E-state index in [9.17, 15) is 4.79 Å². The molecule has 2 saturated heterocycles. The highest BCUT2D eigenvalue weighted by molar-refractivity contribution is 5.69. The van der Waals surface area contributed by atoms with Crippen LogP contribution in [0, 0.1) is 0 Å². The number of benzene rings is 3. The van der Waals surface area contributed by atoms with E-state index in [4.69, 9.17) is 14.2 Å². The van der Waals surface area contributed by atoms with Gasteiger partial charge in [0.25, 0.3) is 0 Å². The number of carbonyl (C=O) groups excluding carboxylic acids is 1. The van der Waals surface area contributed by atoms with Crippen molar-refractivity contribution in [3.63, 3.8) is 0 Å². The summed E-state index contributed by atoms with van der Waals surface area (Å²) in [5.41, 5.74) is 2.26. The summed E-state index contributed by atoms with van der Waals surface area (Å²) >= 11 is 0. The van der Waals surface area contributed by atoms with Crippen molar-refractivity contribution in [3.8, 4) is 0 Å². The zero-order chi connectivity index (χ0) is 23.2. The molecule has 1 amide bonds. The van der Waals surface area contributed by atoms with Gasteiger partial charge in [0.15, 0.2) is 0 Å². The van der Waals surface area contributed by atoms with Crippen LogP contribution < -0.4 is 0 Å². The molecule has 2 fully saturated rings. The van der Waals surface area contributed by atoms with Gasteiger partial charge in [-0.25, -0.2) is 4.79 Å². The maximum atomic E-state index is 12.6. The molecule has 0 N–H and O–H groups in total. The quantitative estimate of drug-likeness (QED) is 0.476. The van der Waals surface area contributed by atoms with Crippen molar-refractivity contribution in [2.45, 2.75) is 11.7 Å². The number of hydrogen-bond acceptors (Lipinski definition) is 5. The van der Waals surface area contributed by atoms with Crippen LogP contribution in [-0.2, 0) is 19.8 Å². The van der Waals surface area contributed by atoms with Crippen molar-refractivity contribution in [1.29, 1.82) is 0 Å². The van der Waals surface area contributed by atoms with E-state index < -0.39 is 5.60 Å². The van der Waals surface area contributed by atoms with Crippen LogP contribution in [0.3, 0.4) is 0 Å². The average Bonchev–Trinajstić information content (AvgIpc) is 3.26. The van der Waals surface area contributed by atoms with Crippen molar-refractivity contribution in [2.24, 2.45) is 0 Å². The third kappa shape index (κ3) is 4.71. The molecule has 2 aliphatic rings. The first kappa shape index (κ1) is 22.6. The van der Waals surface area contributed by atoms with Crippen LogP contribution >= 0.6 is 0 Å². The number of nitrogens with zero attached hydrogens (tertiary/aromatic N) is 2. The fourth-order valence-corrected chi connectivity index (χ4v) is 4.75. The van der Waals surface area contributed by atoms with Gasteiger partial charge in [-0.2, -0.15) is 0 Å². The standard InChI is InChI=1S/C28H30N2O4/c31-27-30(22-29-16-18-32-19-17-29)20-26(34-27)21-33-28(23-10-4-1-5-11-23,24-12-6-2-7-13-24)25-14-8-3-9-15-25/h1-15,26H,16-22H2/t26-/m0/s1. The molecule has 2 heterocycles. The number of morpholine rings is 1. The van der Waals surface area contributed by atoms with Gasteiger partial charge in [0, 0.05) is 13.1 Å². The molecule has 0 spiro atoms. The summed E-state index contributed by atoms with van der Waals surface area (Å²) < 4.78 is 18.0. The Hall–Kier alpha value is -3.19. The maximum Gasteiger partial charge on any atom is 0.411 e. The maximum absolute atomic E-state index is 12.6. The molecule has 0 aromatic heterocycles. The number of amides is 1. The highest BCUT2D eigenvalue weighted by Gasteiger charge is 2.40. The van der Waals surface area contributed by atoms with E-state index in [1.165, 1.54) is 0 Å². The SMILES string of the molecule is O=C1O[C@H](COC(c2ccccc2)(c2ccccc2)c2ccccc2)CN1CN1CCOCC1. The van der Waals surface area contributed by atoms with Gasteiger partial charge in [0.1, 0.15) is 11.7 Å². The minimum absolute atomic E-state index is 0.282.